The molecule has 0 saturated heterocycles. The summed E-state index contributed by atoms with van der Waals surface area (Å²) in [5.41, 5.74) is 0. The number of aryl methyl sites for hydroxylation is 1. The zero-order valence-corrected chi connectivity index (χ0v) is 13.4. The second kappa shape index (κ2) is 6.91. The summed E-state index contributed by atoms with van der Waals surface area (Å²) >= 11 is 5.08. The van der Waals surface area contributed by atoms with Crippen LogP contribution in [-0.2, 0) is 0 Å². The second-order valence-corrected chi connectivity index (χ2v) is 6.13. The first-order valence-corrected chi connectivity index (χ1v) is 7.81. The first-order valence-electron chi connectivity index (χ1n) is 6.20. The van der Waals surface area contributed by atoms with Crippen LogP contribution in [0.3, 0.4) is 0 Å². The highest BCUT2D eigenvalue weighted by atomic mass is 79.9. The lowest BCUT2D eigenvalue weighted by Crippen LogP contribution is -2.04. The Kier molecular flexibility index (Phi) is 5.22. The van der Waals surface area contributed by atoms with E-state index < -0.39 is 0 Å². The highest BCUT2D eigenvalue weighted by Gasteiger charge is 2.04. The molecule has 0 aliphatic rings. The Labute approximate surface area is 126 Å². The fourth-order valence-electron chi connectivity index (χ4n) is 1.56. The summed E-state index contributed by atoms with van der Waals surface area (Å²) in [6.07, 6.45) is 1.08. The maximum atomic E-state index is 4.46. The van der Waals surface area contributed by atoms with Gasteiger partial charge in [0.15, 0.2) is 0 Å². The van der Waals surface area contributed by atoms with Crippen LogP contribution in [0.1, 0.15) is 19.2 Å². The molecule has 0 spiro atoms. The fraction of sp³-hybridized carbons (Fsp3) is 0.286. The summed E-state index contributed by atoms with van der Waals surface area (Å²) in [7, 11) is 0. The maximum absolute atomic E-state index is 4.46. The number of anilines is 1. The van der Waals surface area contributed by atoms with Crippen molar-refractivity contribution in [2.75, 3.05) is 11.9 Å². The van der Waals surface area contributed by atoms with Crippen molar-refractivity contribution in [2.24, 2.45) is 0 Å². The zero-order valence-electron chi connectivity index (χ0n) is 11.0. The molecule has 1 aromatic carbocycles. The van der Waals surface area contributed by atoms with Gasteiger partial charge in [-0.15, -0.1) is 0 Å². The van der Waals surface area contributed by atoms with Crippen molar-refractivity contribution in [1.82, 2.24) is 9.97 Å². The van der Waals surface area contributed by atoms with Gasteiger partial charge in [0.25, 0.3) is 0 Å². The van der Waals surface area contributed by atoms with Crippen molar-refractivity contribution in [1.29, 1.82) is 0 Å². The summed E-state index contributed by atoms with van der Waals surface area (Å²) in [5.74, 6) is 1.69. The molecule has 0 saturated carbocycles. The summed E-state index contributed by atoms with van der Waals surface area (Å²) < 4.78 is 1.08. The van der Waals surface area contributed by atoms with Crippen LogP contribution < -0.4 is 5.32 Å². The van der Waals surface area contributed by atoms with Crippen molar-refractivity contribution >= 4 is 33.5 Å². The van der Waals surface area contributed by atoms with Gasteiger partial charge in [0.05, 0.1) is 0 Å². The molecule has 0 aliphatic heterocycles. The molecule has 1 heterocycles. The molecule has 2 rings (SSSR count). The SMILES string of the molecule is CCCNc1cc(Sc2ccc(Br)cc2)nc(C)n1. The topological polar surface area (TPSA) is 37.8 Å². The highest BCUT2D eigenvalue weighted by molar-refractivity contribution is 9.10. The van der Waals surface area contributed by atoms with E-state index in [0.717, 1.165) is 34.1 Å². The van der Waals surface area contributed by atoms with Gasteiger partial charge < -0.3 is 5.32 Å². The van der Waals surface area contributed by atoms with Crippen molar-refractivity contribution in [3.05, 3.63) is 40.6 Å². The van der Waals surface area contributed by atoms with E-state index in [2.05, 4.69) is 50.3 Å². The van der Waals surface area contributed by atoms with Crippen LogP contribution in [0.15, 0.2) is 44.7 Å². The number of rotatable bonds is 5. The van der Waals surface area contributed by atoms with Gasteiger partial charge in [0.1, 0.15) is 16.7 Å². The van der Waals surface area contributed by atoms with Gasteiger partial charge >= 0.3 is 0 Å². The molecule has 1 N–H and O–H groups in total. The molecule has 0 unspecified atom stereocenters. The smallest absolute Gasteiger partial charge is 0.130 e. The number of halogens is 1. The molecule has 0 fully saturated rings. The van der Waals surface area contributed by atoms with Crippen molar-refractivity contribution in [3.8, 4) is 0 Å². The van der Waals surface area contributed by atoms with E-state index in [4.69, 9.17) is 0 Å². The predicted molar refractivity (Wildman–Crippen MR) is 83.8 cm³/mol. The van der Waals surface area contributed by atoms with Gasteiger partial charge in [0, 0.05) is 22.0 Å². The van der Waals surface area contributed by atoms with E-state index in [0.29, 0.717) is 0 Å². The van der Waals surface area contributed by atoms with E-state index in [1.807, 2.05) is 25.1 Å². The summed E-state index contributed by atoms with van der Waals surface area (Å²) in [6, 6.07) is 10.2. The van der Waals surface area contributed by atoms with Crippen molar-refractivity contribution in [2.45, 2.75) is 30.2 Å². The number of aromatic nitrogens is 2. The third-order valence-corrected chi connectivity index (χ3v) is 3.86. The van der Waals surface area contributed by atoms with E-state index in [1.54, 1.807) is 11.8 Å². The molecule has 0 bridgehead atoms. The molecular weight excluding hydrogens is 322 g/mol. The zero-order chi connectivity index (χ0) is 13.7. The minimum absolute atomic E-state index is 0.792. The third-order valence-electron chi connectivity index (χ3n) is 2.41. The maximum Gasteiger partial charge on any atom is 0.130 e. The number of hydrogen-bond donors (Lipinski definition) is 1. The first kappa shape index (κ1) is 14.3. The number of hydrogen-bond acceptors (Lipinski definition) is 4. The highest BCUT2D eigenvalue weighted by Crippen LogP contribution is 2.28. The summed E-state index contributed by atoms with van der Waals surface area (Å²) in [6.45, 7) is 4.99. The van der Waals surface area contributed by atoms with E-state index in [-0.39, 0.29) is 0 Å². The molecule has 0 amide bonds. The average Bonchev–Trinajstić information content (AvgIpc) is 2.38. The van der Waals surface area contributed by atoms with E-state index in [1.165, 1.54) is 4.90 Å². The first-order chi connectivity index (χ1) is 9.17. The third kappa shape index (κ3) is 4.51. The quantitative estimate of drug-likeness (QED) is 0.814. The lowest BCUT2D eigenvalue weighted by molar-refractivity contribution is 0.928. The second-order valence-electron chi connectivity index (χ2n) is 4.12. The summed E-state index contributed by atoms with van der Waals surface area (Å²) in [4.78, 5) is 10.0. The standard InChI is InChI=1S/C14H16BrN3S/c1-3-8-16-13-9-14(18-10(2)17-13)19-12-6-4-11(15)5-7-12/h4-7,9H,3,8H2,1-2H3,(H,16,17,18). The van der Waals surface area contributed by atoms with Crippen LogP contribution in [0.2, 0.25) is 0 Å². The van der Waals surface area contributed by atoms with E-state index >= 15 is 0 Å². The van der Waals surface area contributed by atoms with Crippen LogP contribution in [0, 0.1) is 6.92 Å². The van der Waals surface area contributed by atoms with Crippen LogP contribution >= 0.6 is 27.7 Å². The van der Waals surface area contributed by atoms with Gasteiger partial charge in [-0.1, -0.05) is 34.6 Å². The van der Waals surface area contributed by atoms with E-state index in [9.17, 15) is 0 Å². The Morgan fingerprint density at radius 3 is 2.63 bits per heavy atom. The predicted octanol–water partition coefficient (Wildman–Crippen LogP) is 4.52. The van der Waals surface area contributed by atoms with Crippen LogP contribution in [0.5, 0.6) is 0 Å². The molecule has 0 radical (unpaired) electrons. The van der Waals surface area contributed by atoms with Gasteiger partial charge in [0.2, 0.25) is 0 Å². The summed E-state index contributed by atoms with van der Waals surface area (Å²) in [5, 5.41) is 4.26. The Balaban J connectivity index is 2.15. The molecule has 3 nitrogen and oxygen atoms in total. The number of benzene rings is 1. The fourth-order valence-corrected chi connectivity index (χ4v) is 2.69. The largest absolute Gasteiger partial charge is 0.370 e. The molecule has 0 aliphatic carbocycles. The van der Waals surface area contributed by atoms with Crippen molar-refractivity contribution in [3.63, 3.8) is 0 Å². The molecule has 100 valence electrons. The Morgan fingerprint density at radius 1 is 1.21 bits per heavy atom. The molecule has 2 aromatic rings. The van der Waals surface area contributed by atoms with Crippen LogP contribution in [0.25, 0.3) is 0 Å². The lowest BCUT2D eigenvalue weighted by atomic mass is 10.4. The molecule has 5 heteroatoms. The average molecular weight is 338 g/mol. The minimum atomic E-state index is 0.792. The van der Waals surface area contributed by atoms with Gasteiger partial charge in [-0.3, -0.25) is 0 Å². The molecular formula is C14H16BrN3S. The lowest BCUT2D eigenvalue weighted by Gasteiger charge is -2.07. The number of nitrogens with one attached hydrogen (secondary N) is 1. The minimum Gasteiger partial charge on any atom is -0.370 e. The molecule has 19 heavy (non-hydrogen) atoms. The normalized spacial score (nSPS) is 10.5. The van der Waals surface area contributed by atoms with Crippen LogP contribution in [-0.4, -0.2) is 16.5 Å². The molecule has 1 aromatic heterocycles. The Hall–Kier alpha value is -1.07. The van der Waals surface area contributed by atoms with Crippen LogP contribution in [0.4, 0.5) is 5.82 Å². The molecule has 0 atom stereocenters. The van der Waals surface area contributed by atoms with Gasteiger partial charge in [-0.2, -0.15) is 0 Å². The monoisotopic (exact) mass is 337 g/mol. The van der Waals surface area contributed by atoms with Crippen molar-refractivity contribution < 1.29 is 0 Å². The Bertz CT molecular complexity index is 543. The van der Waals surface area contributed by atoms with Gasteiger partial charge in [-0.25, -0.2) is 9.97 Å². The number of nitrogens with zero attached hydrogens (tertiary/aromatic N) is 2. The van der Waals surface area contributed by atoms with Gasteiger partial charge in [-0.05, 0) is 37.6 Å². The Morgan fingerprint density at radius 2 is 1.95 bits per heavy atom.